The number of rotatable bonds is 7. The van der Waals surface area contributed by atoms with Crippen LogP contribution in [0, 0.1) is 17.7 Å². The second-order valence-electron chi connectivity index (χ2n) is 6.69. The Morgan fingerprint density at radius 2 is 1.96 bits per heavy atom. The van der Waals surface area contributed by atoms with Crippen LogP contribution in [-0.2, 0) is 11.3 Å². The van der Waals surface area contributed by atoms with Crippen LogP contribution in [-0.4, -0.2) is 49.4 Å². The van der Waals surface area contributed by atoms with Gasteiger partial charge in [-0.1, -0.05) is 24.6 Å². The van der Waals surface area contributed by atoms with Crippen molar-refractivity contribution in [2.45, 2.75) is 25.8 Å². The van der Waals surface area contributed by atoms with Gasteiger partial charge in [0.25, 0.3) is 0 Å². The zero-order chi connectivity index (χ0) is 16.8. The van der Waals surface area contributed by atoms with Crippen LogP contribution in [0.3, 0.4) is 0 Å². The minimum Gasteiger partial charge on any atom is -0.337 e. The molecule has 0 heterocycles. The zero-order valence-corrected chi connectivity index (χ0v) is 15.4. The molecule has 1 aliphatic carbocycles. The predicted octanol–water partition coefficient (Wildman–Crippen LogP) is 2.51. The summed E-state index contributed by atoms with van der Waals surface area (Å²) in [5.74, 6) is 0.138. The molecule has 6 heteroatoms. The molecule has 0 aliphatic heterocycles. The Kier molecular flexibility index (Phi) is 8.67. The van der Waals surface area contributed by atoms with E-state index in [9.17, 15) is 9.18 Å². The third-order valence-corrected chi connectivity index (χ3v) is 4.73. The lowest BCUT2D eigenvalue weighted by atomic mass is 9.94. The van der Waals surface area contributed by atoms with E-state index in [-0.39, 0.29) is 36.0 Å². The Labute approximate surface area is 150 Å². The first-order valence-electron chi connectivity index (χ1n) is 8.40. The average molecular weight is 358 g/mol. The topological polar surface area (TPSA) is 49.6 Å². The van der Waals surface area contributed by atoms with Crippen LogP contribution in [0.2, 0.25) is 0 Å². The van der Waals surface area contributed by atoms with Gasteiger partial charge in [-0.3, -0.25) is 4.79 Å². The van der Waals surface area contributed by atoms with E-state index in [1.807, 2.05) is 25.1 Å². The van der Waals surface area contributed by atoms with Crippen molar-refractivity contribution in [1.29, 1.82) is 0 Å². The molecule has 1 amide bonds. The van der Waals surface area contributed by atoms with Crippen LogP contribution < -0.4 is 5.73 Å². The molecule has 1 aromatic rings. The van der Waals surface area contributed by atoms with Crippen molar-refractivity contribution in [2.24, 2.45) is 17.6 Å². The summed E-state index contributed by atoms with van der Waals surface area (Å²) in [5, 5.41) is 0. The minimum absolute atomic E-state index is 0. The quantitative estimate of drug-likeness (QED) is 0.815. The predicted molar refractivity (Wildman–Crippen MR) is 97.5 cm³/mol. The fourth-order valence-electron chi connectivity index (χ4n) is 3.30. The summed E-state index contributed by atoms with van der Waals surface area (Å²) in [4.78, 5) is 16.8. The van der Waals surface area contributed by atoms with Gasteiger partial charge in [0.05, 0.1) is 0 Å². The van der Waals surface area contributed by atoms with Crippen LogP contribution in [0.4, 0.5) is 4.39 Å². The summed E-state index contributed by atoms with van der Waals surface area (Å²) in [7, 11) is 3.95. The van der Waals surface area contributed by atoms with Gasteiger partial charge in [0.2, 0.25) is 5.91 Å². The van der Waals surface area contributed by atoms with E-state index in [4.69, 9.17) is 5.73 Å². The molecule has 24 heavy (non-hydrogen) atoms. The van der Waals surface area contributed by atoms with Gasteiger partial charge in [0.1, 0.15) is 5.82 Å². The number of hydrogen-bond donors (Lipinski definition) is 1. The summed E-state index contributed by atoms with van der Waals surface area (Å²) in [5.41, 5.74) is 6.39. The fourth-order valence-corrected chi connectivity index (χ4v) is 3.30. The molecule has 0 radical (unpaired) electrons. The van der Waals surface area contributed by atoms with Crippen LogP contribution in [0.1, 0.15) is 24.8 Å². The second kappa shape index (κ2) is 9.97. The summed E-state index contributed by atoms with van der Waals surface area (Å²) < 4.78 is 14.0. The molecule has 1 fully saturated rings. The smallest absolute Gasteiger partial charge is 0.226 e. The fraction of sp³-hybridized carbons (Fsp3) is 0.611. The molecular formula is C18H29ClFN3O. The highest BCUT2D eigenvalue weighted by Crippen LogP contribution is 2.32. The lowest BCUT2D eigenvalue weighted by Gasteiger charge is -2.29. The summed E-state index contributed by atoms with van der Waals surface area (Å²) in [6.07, 6.45) is 2.98. The van der Waals surface area contributed by atoms with Gasteiger partial charge in [0.15, 0.2) is 0 Å². The van der Waals surface area contributed by atoms with Gasteiger partial charge in [-0.25, -0.2) is 4.39 Å². The Balaban J connectivity index is 0.00000288. The van der Waals surface area contributed by atoms with Crippen molar-refractivity contribution in [3.8, 4) is 0 Å². The SMILES string of the molecule is CN(C)CCN(Cc1ccccc1F)C(=O)[C@@H]1CCC[C@@H]1CN.Cl. The Morgan fingerprint density at radius 3 is 2.58 bits per heavy atom. The molecule has 1 saturated carbocycles. The van der Waals surface area contributed by atoms with Crippen LogP contribution in [0.25, 0.3) is 0 Å². The highest BCUT2D eigenvalue weighted by molar-refractivity contribution is 5.85. The zero-order valence-electron chi connectivity index (χ0n) is 14.6. The van der Waals surface area contributed by atoms with Gasteiger partial charge in [0, 0.05) is 31.1 Å². The molecule has 2 N–H and O–H groups in total. The number of hydrogen-bond acceptors (Lipinski definition) is 3. The lowest BCUT2D eigenvalue weighted by molar-refractivity contribution is -0.137. The van der Waals surface area contributed by atoms with Crippen molar-refractivity contribution in [1.82, 2.24) is 9.80 Å². The van der Waals surface area contributed by atoms with E-state index in [2.05, 4.69) is 0 Å². The Hall–Kier alpha value is -1.17. The van der Waals surface area contributed by atoms with Gasteiger partial charge in [-0.15, -0.1) is 12.4 Å². The maximum atomic E-state index is 14.0. The van der Waals surface area contributed by atoms with E-state index in [1.54, 1.807) is 17.0 Å². The maximum absolute atomic E-state index is 14.0. The van der Waals surface area contributed by atoms with Crippen molar-refractivity contribution >= 4 is 18.3 Å². The summed E-state index contributed by atoms with van der Waals surface area (Å²) >= 11 is 0. The maximum Gasteiger partial charge on any atom is 0.226 e. The number of benzene rings is 1. The first kappa shape index (κ1) is 20.9. The molecule has 4 nitrogen and oxygen atoms in total. The Morgan fingerprint density at radius 1 is 1.25 bits per heavy atom. The van der Waals surface area contributed by atoms with Crippen molar-refractivity contribution < 1.29 is 9.18 Å². The minimum atomic E-state index is -0.253. The van der Waals surface area contributed by atoms with Gasteiger partial charge in [-0.05, 0) is 45.5 Å². The van der Waals surface area contributed by atoms with E-state index in [1.165, 1.54) is 6.07 Å². The molecular weight excluding hydrogens is 329 g/mol. The van der Waals surface area contributed by atoms with Crippen LogP contribution >= 0.6 is 12.4 Å². The molecule has 136 valence electrons. The first-order valence-corrected chi connectivity index (χ1v) is 8.40. The number of nitrogens with zero attached hydrogens (tertiary/aromatic N) is 2. The number of nitrogens with two attached hydrogens (primary N) is 1. The van der Waals surface area contributed by atoms with E-state index in [0.29, 0.717) is 25.2 Å². The van der Waals surface area contributed by atoms with Crippen molar-refractivity contribution in [2.75, 3.05) is 33.7 Å². The third-order valence-electron chi connectivity index (χ3n) is 4.73. The van der Waals surface area contributed by atoms with Crippen LogP contribution in [0.5, 0.6) is 0 Å². The monoisotopic (exact) mass is 357 g/mol. The molecule has 0 unspecified atom stereocenters. The van der Waals surface area contributed by atoms with Gasteiger partial charge < -0.3 is 15.5 Å². The van der Waals surface area contributed by atoms with Crippen molar-refractivity contribution in [3.63, 3.8) is 0 Å². The van der Waals surface area contributed by atoms with Gasteiger partial charge in [-0.2, -0.15) is 0 Å². The molecule has 0 aromatic heterocycles. The summed E-state index contributed by atoms with van der Waals surface area (Å²) in [6, 6.07) is 6.68. The van der Waals surface area contributed by atoms with E-state index in [0.717, 1.165) is 25.8 Å². The third kappa shape index (κ3) is 5.43. The average Bonchev–Trinajstić information content (AvgIpc) is 3.00. The molecule has 1 aromatic carbocycles. The molecule has 0 saturated heterocycles. The molecule has 0 bridgehead atoms. The molecule has 2 atom stereocenters. The highest BCUT2D eigenvalue weighted by Gasteiger charge is 2.34. The van der Waals surface area contributed by atoms with E-state index >= 15 is 0 Å². The van der Waals surface area contributed by atoms with Crippen LogP contribution in [0.15, 0.2) is 24.3 Å². The normalized spacial score (nSPS) is 20.0. The number of amides is 1. The number of halogens is 2. The number of likely N-dealkylation sites (N-methyl/N-ethyl adjacent to an activating group) is 1. The summed E-state index contributed by atoms with van der Waals surface area (Å²) in [6.45, 7) is 2.25. The number of carbonyl (C=O) groups is 1. The molecule has 0 spiro atoms. The molecule has 1 aliphatic rings. The lowest BCUT2D eigenvalue weighted by Crippen LogP contribution is -2.42. The first-order chi connectivity index (χ1) is 11.0. The molecule has 2 rings (SSSR count). The number of carbonyl (C=O) groups excluding carboxylic acids is 1. The largest absolute Gasteiger partial charge is 0.337 e. The van der Waals surface area contributed by atoms with Gasteiger partial charge >= 0.3 is 0 Å². The van der Waals surface area contributed by atoms with Crippen molar-refractivity contribution in [3.05, 3.63) is 35.6 Å². The Bertz CT molecular complexity index is 527. The second-order valence-corrected chi connectivity index (χ2v) is 6.69. The standard InChI is InChI=1S/C18H28FN3O.ClH/c1-21(2)10-11-22(13-15-6-3-4-9-17(15)19)18(23)16-8-5-7-14(16)12-20;/h3-4,6,9,14,16H,5,7-8,10-13,20H2,1-2H3;1H/t14-,16-;/m1./s1. The van der Waals surface area contributed by atoms with E-state index < -0.39 is 0 Å². The highest BCUT2D eigenvalue weighted by atomic mass is 35.5.